The van der Waals surface area contributed by atoms with Gasteiger partial charge in [-0.2, -0.15) is 0 Å². The molecule has 0 aromatic carbocycles. The largest absolute Gasteiger partial charge is 0.465 e. The summed E-state index contributed by atoms with van der Waals surface area (Å²) in [4.78, 5) is 11.5. The van der Waals surface area contributed by atoms with Crippen molar-refractivity contribution in [1.29, 1.82) is 0 Å². The van der Waals surface area contributed by atoms with Crippen molar-refractivity contribution in [2.45, 2.75) is 45.6 Å². The molecule has 1 saturated heterocycles. The molecule has 1 heterocycles. The third kappa shape index (κ3) is 1.87. The van der Waals surface area contributed by atoms with E-state index in [1.165, 1.54) is 12.8 Å². The second-order valence-electron chi connectivity index (χ2n) is 6.74. The first-order valence-electron chi connectivity index (χ1n) is 7.42. The molecular weight excluding hydrogens is 228 g/mol. The van der Waals surface area contributed by atoms with Crippen molar-refractivity contribution >= 4 is 5.97 Å². The fourth-order valence-corrected chi connectivity index (χ4v) is 4.70. The quantitative estimate of drug-likeness (QED) is 0.783. The van der Waals surface area contributed by atoms with Crippen LogP contribution in [-0.2, 0) is 9.53 Å². The number of rotatable bonds is 3. The third-order valence-corrected chi connectivity index (χ3v) is 6.02. The molecule has 3 heteroatoms. The van der Waals surface area contributed by atoms with Gasteiger partial charge in [0.1, 0.15) is 0 Å². The SMILES string of the molecule is CC1C2CC(CC(O)C3CCOC3=O)C(C2)C1C. The summed E-state index contributed by atoms with van der Waals surface area (Å²) < 4.78 is 4.95. The van der Waals surface area contributed by atoms with Gasteiger partial charge in [-0.05, 0) is 55.3 Å². The van der Waals surface area contributed by atoms with Gasteiger partial charge >= 0.3 is 5.97 Å². The number of esters is 1. The third-order valence-electron chi connectivity index (χ3n) is 6.02. The molecule has 2 saturated carbocycles. The number of aliphatic hydroxyl groups is 1. The van der Waals surface area contributed by atoms with Crippen LogP contribution in [0.5, 0.6) is 0 Å². The molecule has 0 amide bonds. The van der Waals surface area contributed by atoms with E-state index < -0.39 is 6.10 Å². The summed E-state index contributed by atoms with van der Waals surface area (Å²) in [5.74, 6) is 3.46. The van der Waals surface area contributed by atoms with Crippen LogP contribution >= 0.6 is 0 Å². The van der Waals surface area contributed by atoms with Crippen LogP contribution in [0.4, 0.5) is 0 Å². The minimum absolute atomic E-state index is 0.188. The van der Waals surface area contributed by atoms with Gasteiger partial charge in [0, 0.05) is 0 Å². The predicted molar refractivity (Wildman–Crippen MR) is 67.7 cm³/mol. The van der Waals surface area contributed by atoms with Gasteiger partial charge in [0.15, 0.2) is 0 Å². The Hall–Kier alpha value is -0.570. The van der Waals surface area contributed by atoms with E-state index >= 15 is 0 Å². The predicted octanol–water partition coefficient (Wildman–Crippen LogP) is 2.23. The van der Waals surface area contributed by atoms with Crippen molar-refractivity contribution in [2.75, 3.05) is 6.61 Å². The second-order valence-corrected chi connectivity index (χ2v) is 6.74. The zero-order valence-electron chi connectivity index (χ0n) is 11.3. The van der Waals surface area contributed by atoms with E-state index in [2.05, 4.69) is 13.8 Å². The van der Waals surface area contributed by atoms with Crippen molar-refractivity contribution in [2.24, 2.45) is 35.5 Å². The molecule has 1 N–H and O–H groups in total. The molecule has 3 aliphatic rings. The maximum atomic E-state index is 11.5. The van der Waals surface area contributed by atoms with Gasteiger partial charge < -0.3 is 9.84 Å². The van der Waals surface area contributed by atoms with Crippen molar-refractivity contribution < 1.29 is 14.6 Å². The Balaban J connectivity index is 1.60. The zero-order valence-corrected chi connectivity index (χ0v) is 11.3. The van der Waals surface area contributed by atoms with Crippen LogP contribution < -0.4 is 0 Å². The molecule has 0 spiro atoms. The topological polar surface area (TPSA) is 46.5 Å². The van der Waals surface area contributed by atoms with Gasteiger partial charge in [-0.1, -0.05) is 13.8 Å². The Morgan fingerprint density at radius 2 is 2.11 bits per heavy atom. The Bertz CT molecular complexity index is 339. The van der Waals surface area contributed by atoms with E-state index in [4.69, 9.17) is 4.74 Å². The molecule has 1 aliphatic heterocycles. The molecule has 0 radical (unpaired) electrons. The lowest BCUT2D eigenvalue weighted by Gasteiger charge is -2.33. The molecule has 0 aromatic heterocycles. The number of hydrogen-bond acceptors (Lipinski definition) is 3. The van der Waals surface area contributed by atoms with Crippen LogP contribution in [0.15, 0.2) is 0 Å². The molecular formula is C15H24O3. The van der Waals surface area contributed by atoms with Crippen LogP contribution in [0.3, 0.4) is 0 Å². The fourth-order valence-electron chi connectivity index (χ4n) is 4.70. The number of ether oxygens (including phenoxy) is 1. The number of aliphatic hydroxyl groups excluding tert-OH is 1. The molecule has 3 rings (SSSR count). The van der Waals surface area contributed by atoms with Crippen molar-refractivity contribution in [3.63, 3.8) is 0 Å². The Kier molecular flexibility index (Phi) is 3.13. The first-order valence-corrected chi connectivity index (χ1v) is 7.42. The van der Waals surface area contributed by atoms with Crippen molar-refractivity contribution in [3.8, 4) is 0 Å². The van der Waals surface area contributed by atoms with Crippen LogP contribution in [0.2, 0.25) is 0 Å². The Labute approximate surface area is 109 Å². The van der Waals surface area contributed by atoms with E-state index in [1.54, 1.807) is 0 Å². The van der Waals surface area contributed by atoms with Gasteiger partial charge in [0.2, 0.25) is 0 Å². The fraction of sp³-hybridized carbons (Fsp3) is 0.933. The Morgan fingerprint density at radius 3 is 2.67 bits per heavy atom. The molecule has 102 valence electrons. The lowest BCUT2D eigenvalue weighted by atomic mass is 9.73. The highest BCUT2D eigenvalue weighted by molar-refractivity contribution is 5.74. The summed E-state index contributed by atoms with van der Waals surface area (Å²) >= 11 is 0. The van der Waals surface area contributed by atoms with E-state index in [9.17, 15) is 9.90 Å². The lowest BCUT2D eigenvalue weighted by molar-refractivity contribution is -0.144. The van der Waals surface area contributed by atoms with E-state index in [0.29, 0.717) is 18.9 Å². The summed E-state index contributed by atoms with van der Waals surface area (Å²) in [5, 5.41) is 10.3. The molecule has 7 unspecified atom stereocenters. The molecule has 18 heavy (non-hydrogen) atoms. The first-order chi connectivity index (χ1) is 8.58. The van der Waals surface area contributed by atoms with Crippen molar-refractivity contribution in [1.82, 2.24) is 0 Å². The molecule has 3 fully saturated rings. The number of hydrogen-bond donors (Lipinski definition) is 1. The van der Waals surface area contributed by atoms with E-state index in [1.807, 2.05) is 0 Å². The van der Waals surface area contributed by atoms with Gasteiger partial charge in [-0.25, -0.2) is 0 Å². The zero-order chi connectivity index (χ0) is 12.9. The van der Waals surface area contributed by atoms with Gasteiger partial charge in [0.05, 0.1) is 18.6 Å². The molecule has 3 nitrogen and oxygen atoms in total. The van der Waals surface area contributed by atoms with E-state index in [-0.39, 0.29) is 11.9 Å². The van der Waals surface area contributed by atoms with E-state index in [0.717, 1.165) is 30.1 Å². The van der Waals surface area contributed by atoms with Gasteiger partial charge in [0.25, 0.3) is 0 Å². The molecule has 2 aliphatic carbocycles. The number of carbonyl (C=O) groups excluding carboxylic acids is 1. The van der Waals surface area contributed by atoms with Gasteiger partial charge in [-0.3, -0.25) is 4.79 Å². The molecule has 0 aromatic rings. The second kappa shape index (κ2) is 4.52. The minimum atomic E-state index is -0.480. The minimum Gasteiger partial charge on any atom is -0.465 e. The standard InChI is InChI=1S/C15H24O3/c1-8-9(2)13-6-10(8)5-11(13)7-14(16)12-3-4-18-15(12)17/h8-14,16H,3-7H2,1-2H3. The molecule has 7 atom stereocenters. The van der Waals surface area contributed by atoms with Crippen LogP contribution in [-0.4, -0.2) is 23.8 Å². The van der Waals surface area contributed by atoms with Crippen molar-refractivity contribution in [3.05, 3.63) is 0 Å². The first kappa shape index (κ1) is 12.5. The number of cyclic esters (lactones) is 1. The summed E-state index contributed by atoms with van der Waals surface area (Å²) in [6.07, 6.45) is 3.63. The average molecular weight is 252 g/mol. The normalized spacial score (nSPS) is 48.5. The summed E-state index contributed by atoms with van der Waals surface area (Å²) in [6.45, 7) is 5.22. The van der Waals surface area contributed by atoms with Crippen LogP contribution in [0, 0.1) is 35.5 Å². The van der Waals surface area contributed by atoms with Gasteiger partial charge in [-0.15, -0.1) is 0 Å². The lowest BCUT2D eigenvalue weighted by Crippen LogP contribution is -2.31. The number of fused-ring (bicyclic) bond motifs is 2. The average Bonchev–Trinajstić information content (AvgIpc) is 2.98. The van der Waals surface area contributed by atoms with Crippen LogP contribution in [0.25, 0.3) is 0 Å². The smallest absolute Gasteiger partial charge is 0.311 e. The molecule has 2 bridgehead atoms. The highest BCUT2D eigenvalue weighted by Crippen LogP contribution is 2.56. The maximum Gasteiger partial charge on any atom is 0.311 e. The highest BCUT2D eigenvalue weighted by Gasteiger charge is 2.49. The maximum absolute atomic E-state index is 11.5. The number of carbonyl (C=O) groups is 1. The monoisotopic (exact) mass is 252 g/mol. The Morgan fingerprint density at radius 1 is 1.33 bits per heavy atom. The summed E-state index contributed by atoms with van der Waals surface area (Å²) in [5.41, 5.74) is 0. The summed E-state index contributed by atoms with van der Waals surface area (Å²) in [7, 11) is 0. The summed E-state index contributed by atoms with van der Waals surface area (Å²) in [6, 6.07) is 0. The highest BCUT2D eigenvalue weighted by atomic mass is 16.5. The van der Waals surface area contributed by atoms with Crippen LogP contribution in [0.1, 0.15) is 39.5 Å².